The van der Waals surface area contributed by atoms with E-state index >= 15 is 0 Å². The average molecular weight is 279 g/mol. The Kier molecular flexibility index (Phi) is 4.20. The van der Waals surface area contributed by atoms with Gasteiger partial charge < -0.3 is 0 Å². The number of hydrogen-bond acceptors (Lipinski definition) is 4. The molecule has 0 aliphatic carbocycles. The minimum Gasteiger partial charge on any atom is -0.298 e. The van der Waals surface area contributed by atoms with Crippen LogP contribution in [0.25, 0.3) is 0 Å². The zero-order chi connectivity index (χ0) is 13.2. The van der Waals surface area contributed by atoms with Gasteiger partial charge in [-0.2, -0.15) is 0 Å². The molecule has 0 N–H and O–H groups in total. The fraction of sp³-hybridized carbons (Fsp3) is 0.800. The van der Waals surface area contributed by atoms with Gasteiger partial charge in [0.15, 0.2) is 0 Å². The molecule has 0 spiro atoms. The van der Waals surface area contributed by atoms with Crippen molar-refractivity contribution in [3.63, 3.8) is 0 Å². The molecule has 3 unspecified atom stereocenters. The highest BCUT2D eigenvalue weighted by Crippen LogP contribution is 2.33. The van der Waals surface area contributed by atoms with Gasteiger partial charge in [-0.15, -0.1) is 11.3 Å². The Bertz CT molecular complexity index is 392. The van der Waals surface area contributed by atoms with Gasteiger partial charge >= 0.3 is 0 Å². The third kappa shape index (κ3) is 2.71. The third-order valence-corrected chi connectivity index (χ3v) is 5.64. The molecule has 0 aromatic carbocycles. The fourth-order valence-corrected chi connectivity index (χ4v) is 4.60. The van der Waals surface area contributed by atoms with E-state index in [2.05, 4.69) is 34.0 Å². The van der Waals surface area contributed by atoms with Gasteiger partial charge in [0.05, 0.1) is 6.04 Å². The quantitative estimate of drug-likeness (QED) is 0.847. The molecule has 1 aromatic heterocycles. The van der Waals surface area contributed by atoms with Crippen LogP contribution in [0, 0.1) is 0 Å². The molecule has 4 heteroatoms. The van der Waals surface area contributed by atoms with Gasteiger partial charge in [0, 0.05) is 36.8 Å². The second-order valence-corrected chi connectivity index (χ2v) is 6.91. The van der Waals surface area contributed by atoms with E-state index in [1.165, 1.54) is 50.3 Å². The molecule has 2 fully saturated rings. The predicted molar refractivity (Wildman–Crippen MR) is 80.5 cm³/mol. The second kappa shape index (κ2) is 5.90. The van der Waals surface area contributed by atoms with Crippen LogP contribution in [0.15, 0.2) is 11.6 Å². The molecule has 3 heterocycles. The van der Waals surface area contributed by atoms with Crippen molar-refractivity contribution in [2.24, 2.45) is 0 Å². The minimum absolute atomic E-state index is 0.527. The number of rotatable bonds is 3. The predicted octanol–water partition coefficient (Wildman–Crippen LogP) is 3.15. The van der Waals surface area contributed by atoms with Crippen molar-refractivity contribution in [1.29, 1.82) is 0 Å². The first-order valence-electron chi connectivity index (χ1n) is 7.68. The summed E-state index contributed by atoms with van der Waals surface area (Å²) in [6, 6.07) is 1.97. The molecule has 3 rings (SSSR count). The summed E-state index contributed by atoms with van der Waals surface area (Å²) in [6.45, 7) is 8.48. The fourth-order valence-electron chi connectivity index (χ4n) is 3.76. The van der Waals surface area contributed by atoms with Crippen LogP contribution in [0.3, 0.4) is 0 Å². The van der Waals surface area contributed by atoms with E-state index in [4.69, 9.17) is 0 Å². The molecule has 106 valence electrons. The highest BCUT2D eigenvalue weighted by Gasteiger charge is 2.36. The zero-order valence-electron chi connectivity index (χ0n) is 12.1. The molecule has 2 aliphatic rings. The molecule has 0 bridgehead atoms. The Morgan fingerprint density at radius 2 is 2.32 bits per heavy atom. The van der Waals surface area contributed by atoms with Crippen molar-refractivity contribution in [2.75, 3.05) is 19.6 Å². The number of thiazole rings is 1. The van der Waals surface area contributed by atoms with Crippen LogP contribution in [0.2, 0.25) is 0 Å². The average Bonchev–Trinajstić information content (AvgIpc) is 2.94. The minimum atomic E-state index is 0.527. The number of piperazine rings is 1. The Morgan fingerprint density at radius 3 is 3.05 bits per heavy atom. The summed E-state index contributed by atoms with van der Waals surface area (Å²) in [4.78, 5) is 10.00. The Hall–Kier alpha value is -0.450. The second-order valence-electron chi connectivity index (χ2n) is 5.98. The van der Waals surface area contributed by atoms with E-state index in [9.17, 15) is 0 Å². The number of fused-ring (bicyclic) bond motifs is 1. The van der Waals surface area contributed by atoms with Crippen molar-refractivity contribution in [2.45, 2.75) is 57.7 Å². The van der Waals surface area contributed by atoms with Gasteiger partial charge in [0.2, 0.25) is 0 Å². The third-order valence-electron chi connectivity index (χ3n) is 4.76. The van der Waals surface area contributed by atoms with Gasteiger partial charge in [0.1, 0.15) is 5.01 Å². The van der Waals surface area contributed by atoms with Crippen molar-refractivity contribution in [3.05, 3.63) is 16.6 Å². The maximum atomic E-state index is 4.56. The highest BCUT2D eigenvalue weighted by atomic mass is 32.1. The summed E-state index contributed by atoms with van der Waals surface area (Å²) in [5.74, 6) is 0. The van der Waals surface area contributed by atoms with Crippen LogP contribution in [0.1, 0.15) is 50.6 Å². The highest BCUT2D eigenvalue weighted by molar-refractivity contribution is 7.09. The van der Waals surface area contributed by atoms with E-state index in [-0.39, 0.29) is 0 Å². The van der Waals surface area contributed by atoms with Gasteiger partial charge in [-0.25, -0.2) is 4.98 Å². The van der Waals surface area contributed by atoms with Crippen LogP contribution >= 0.6 is 11.3 Å². The molecule has 19 heavy (non-hydrogen) atoms. The molecule has 2 saturated heterocycles. The van der Waals surface area contributed by atoms with Gasteiger partial charge in [0.25, 0.3) is 0 Å². The first kappa shape index (κ1) is 13.5. The van der Waals surface area contributed by atoms with Crippen molar-refractivity contribution >= 4 is 11.3 Å². The van der Waals surface area contributed by atoms with E-state index < -0.39 is 0 Å². The normalized spacial score (nSPS) is 31.1. The first-order chi connectivity index (χ1) is 9.29. The lowest BCUT2D eigenvalue weighted by molar-refractivity contribution is -0.00950. The summed E-state index contributed by atoms with van der Waals surface area (Å²) in [7, 11) is 0. The number of piperidine rings is 1. The first-order valence-corrected chi connectivity index (χ1v) is 8.56. The summed E-state index contributed by atoms with van der Waals surface area (Å²) < 4.78 is 0. The van der Waals surface area contributed by atoms with E-state index in [1.807, 2.05) is 17.5 Å². The SMILES string of the molecule is CCC(c1nccs1)N1CC2CCCCN2CC1C. The smallest absolute Gasteiger partial charge is 0.110 e. The van der Waals surface area contributed by atoms with E-state index in [0.29, 0.717) is 12.1 Å². The molecule has 1 aromatic rings. The van der Waals surface area contributed by atoms with Crippen LogP contribution in [-0.2, 0) is 0 Å². The summed E-state index contributed by atoms with van der Waals surface area (Å²) >= 11 is 1.81. The molecule has 3 atom stereocenters. The molecule has 3 nitrogen and oxygen atoms in total. The van der Waals surface area contributed by atoms with Crippen LogP contribution in [-0.4, -0.2) is 46.5 Å². The maximum Gasteiger partial charge on any atom is 0.110 e. The van der Waals surface area contributed by atoms with Gasteiger partial charge in [-0.3, -0.25) is 9.80 Å². The monoisotopic (exact) mass is 279 g/mol. The van der Waals surface area contributed by atoms with Crippen LogP contribution in [0.4, 0.5) is 0 Å². The van der Waals surface area contributed by atoms with Crippen LogP contribution < -0.4 is 0 Å². The number of nitrogens with zero attached hydrogens (tertiary/aromatic N) is 3. The van der Waals surface area contributed by atoms with Crippen molar-refractivity contribution in [1.82, 2.24) is 14.8 Å². The summed E-state index contributed by atoms with van der Waals surface area (Å²) in [6.07, 6.45) is 7.32. The lowest BCUT2D eigenvalue weighted by Crippen LogP contribution is -2.59. The van der Waals surface area contributed by atoms with Crippen molar-refractivity contribution in [3.8, 4) is 0 Å². The Labute approximate surface area is 120 Å². The zero-order valence-corrected chi connectivity index (χ0v) is 12.9. The van der Waals surface area contributed by atoms with E-state index in [0.717, 1.165) is 6.04 Å². The summed E-state index contributed by atoms with van der Waals surface area (Å²) in [5, 5.41) is 3.41. The summed E-state index contributed by atoms with van der Waals surface area (Å²) in [5.41, 5.74) is 0. The Balaban J connectivity index is 1.75. The molecule has 0 saturated carbocycles. The molecular weight excluding hydrogens is 254 g/mol. The topological polar surface area (TPSA) is 19.4 Å². The lowest BCUT2D eigenvalue weighted by atomic mass is 9.95. The molecule has 0 amide bonds. The molecular formula is C15H25N3S. The number of aromatic nitrogens is 1. The van der Waals surface area contributed by atoms with Crippen LogP contribution in [0.5, 0.6) is 0 Å². The number of hydrogen-bond donors (Lipinski definition) is 0. The molecule has 0 radical (unpaired) electrons. The Morgan fingerprint density at radius 1 is 1.42 bits per heavy atom. The van der Waals surface area contributed by atoms with E-state index in [1.54, 1.807) is 0 Å². The standard InChI is InChI=1S/C15H25N3S/c1-3-14(15-16-7-9-19-15)18-11-13-6-4-5-8-17(13)10-12(18)2/h7,9,12-14H,3-6,8,10-11H2,1-2H3. The maximum absolute atomic E-state index is 4.56. The largest absolute Gasteiger partial charge is 0.298 e. The van der Waals surface area contributed by atoms with Crippen molar-refractivity contribution < 1.29 is 0 Å². The lowest BCUT2D eigenvalue weighted by Gasteiger charge is -2.49. The molecule has 2 aliphatic heterocycles. The van der Waals surface area contributed by atoms with Gasteiger partial charge in [-0.1, -0.05) is 13.3 Å². The van der Waals surface area contributed by atoms with Gasteiger partial charge in [-0.05, 0) is 32.7 Å².